The third-order valence-electron chi connectivity index (χ3n) is 3.35. The number of benzene rings is 1. The molecule has 6 heteroatoms. The predicted molar refractivity (Wildman–Crippen MR) is 88.4 cm³/mol. The molecule has 0 aliphatic heterocycles. The van der Waals surface area contributed by atoms with Gasteiger partial charge >= 0.3 is 0 Å². The van der Waals surface area contributed by atoms with Crippen LogP contribution < -0.4 is 5.32 Å². The van der Waals surface area contributed by atoms with Gasteiger partial charge in [0.25, 0.3) is 5.91 Å². The fourth-order valence-electron chi connectivity index (χ4n) is 2.19. The fraction of sp³-hybridized carbons (Fsp3) is 0.125. The van der Waals surface area contributed by atoms with Crippen LogP contribution in [0.25, 0.3) is 10.9 Å². The molecule has 0 aliphatic carbocycles. The molecule has 112 valence electrons. The number of hydrogen-bond donors (Lipinski definition) is 2. The van der Waals surface area contributed by atoms with Gasteiger partial charge < -0.3 is 10.4 Å². The molecule has 1 unspecified atom stereocenters. The molecule has 0 radical (unpaired) electrons. The van der Waals surface area contributed by atoms with Crippen molar-refractivity contribution in [2.75, 3.05) is 6.54 Å². The summed E-state index contributed by atoms with van der Waals surface area (Å²) in [4.78, 5) is 16.6. The van der Waals surface area contributed by atoms with E-state index in [0.29, 0.717) is 16.1 Å². The van der Waals surface area contributed by atoms with E-state index in [1.807, 2.05) is 22.9 Å². The van der Waals surface area contributed by atoms with Gasteiger partial charge in [0, 0.05) is 18.1 Å². The van der Waals surface area contributed by atoms with Crippen molar-refractivity contribution in [2.45, 2.75) is 6.10 Å². The maximum absolute atomic E-state index is 12.3. The van der Waals surface area contributed by atoms with Crippen molar-refractivity contribution in [3.63, 3.8) is 0 Å². The summed E-state index contributed by atoms with van der Waals surface area (Å²) in [5.41, 5.74) is 1.79. The highest BCUT2D eigenvalue weighted by Crippen LogP contribution is 2.24. The van der Waals surface area contributed by atoms with Gasteiger partial charge in [-0.2, -0.15) is 11.3 Å². The Kier molecular flexibility index (Phi) is 4.38. The van der Waals surface area contributed by atoms with Gasteiger partial charge in [0.1, 0.15) is 0 Å². The highest BCUT2D eigenvalue weighted by Gasteiger charge is 2.15. The lowest BCUT2D eigenvalue weighted by atomic mass is 10.1. The molecule has 1 aromatic carbocycles. The Morgan fingerprint density at radius 2 is 2.23 bits per heavy atom. The minimum atomic E-state index is -0.721. The normalized spacial score (nSPS) is 12.3. The van der Waals surface area contributed by atoms with E-state index >= 15 is 0 Å². The summed E-state index contributed by atoms with van der Waals surface area (Å²) >= 11 is 7.62. The van der Waals surface area contributed by atoms with Crippen LogP contribution in [0.5, 0.6) is 0 Å². The number of halogens is 1. The Morgan fingerprint density at radius 3 is 3.00 bits per heavy atom. The molecule has 0 aliphatic rings. The Hall–Kier alpha value is -1.95. The summed E-state index contributed by atoms with van der Waals surface area (Å²) in [6.45, 7) is 0.145. The molecule has 0 spiro atoms. The van der Waals surface area contributed by atoms with Crippen LogP contribution in [0.3, 0.4) is 0 Å². The molecule has 0 bridgehead atoms. The number of aromatic nitrogens is 1. The second-order valence-corrected chi connectivity index (χ2v) is 5.96. The number of nitrogens with zero attached hydrogens (tertiary/aromatic N) is 1. The van der Waals surface area contributed by atoms with Crippen molar-refractivity contribution in [1.29, 1.82) is 0 Å². The molecule has 2 aromatic heterocycles. The molecule has 1 atom stereocenters. The molecule has 2 heterocycles. The SMILES string of the molecule is O=C(NCC(O)c1ccsc1)c1ccc(Cl)c2cccnc12. The number of pyridine rings is 1. The van der Waals surface area contributed by atoms with Crippen LogP contribution in [0.4, 0.5) is 0 Å². The third-order valence-corrected chi connectivity index (χ3v) is 4.38. The Labute approximate surface area is 136 Å². The van der Waals surface area contributed by atoms with Gasteiger partial charge in [-0.15, -0.1) is 0 Å². The zero-order chi connectivity index (χ0) is 15.5. The molecule has 2 N–H and O–H groups in total. The highest BCUT2D eigenvalue weighted by molar-refractivity contribution is 7.07. The minimum absolute atomic E-state index is 0.145. The molecule has 1 amide bonds. The molecule has 3 aromatic rings. The second-order valence-electron chi connectivity index (χ2n) is 4.78. The van der Waals surface area contributed by atoms with E-state index in [0.717, 1.165) is 10.9 Å². The van der Waals surface area contributed by atoms with E-state index in [9.17, 15) is 9.90 Å². The van der Waals surface area contributed by atoms with Gasteiger partial charge in [-0.3, -0.25) is 9.78 Å². The number of fused-ring (bicyclic) bond motifs is 1. The number of aliphatic hydroxyl groups excluding tert-OH is 1. The van der Waals surface area contributed by atoms with Gasteiger partial charge in [-0.05, 0) is 46.7 Å². The quantitative estimate of drug-likeness (QED) is 0.769. The maximum atomic E-state index is 12.3. The van der Waals surface area contributed by atoms with E-state index < -0.39 is 6.10 Å². The summed E-state index contributed by atoms with van der Waals surface area (Å²) in [6, 6.07) is 8.75. The van der Waals surface area contributed by atoms with E-state index in [1.165, 1.54) is 11.3 Å². The summed E-state index contributed by atoms with van der Waals surface area (Å²) in [7, 11) is 0. The average molecular weight is 333 g/mol. The second kappa shape index (κ2) is 6.44. The van der Waals surface area contributed by atoms with Crippen LogP contribution >= 0.6 is 22.9 Å². The van der Waals surface area contributed by atoms with Crippen molar-refractivity contribution >= 4 is 39.7 Å². The van der Waals surface area contributed by atoms with Crippen LogP contribution in [0.2, 0.25) is 5.02 Å². The van der Waals surface area contributed by atoms with Gasteiger partial charge in [0.2, 0.25) is 0 Å². The van der Waals surface area contributed by atoms with E-state index in [-0.39, 0.29) is 12.5 Å². The molecule has 0 saturated heterocycles. The van der Waals surface area contributed by atoms with Crippen molar-refractivity contribution in [1.82, 2.24) is 10.3 Å². The topological polar surface area (TPSA) is 62.2 Å². The van der Waals surface area contributed by atoms with Crippen molar-refractivity contribution in [3.05, 3.63) is 63.4 Å². The van der Waals surface area contributed by atoms with Gasteiger partial charge in [0.15, 0.2) is 0 Å². The first kappa shape index (κ1) is 15.0. The van der Waals surface area contributed by atoms with Gasteiger partial charge in [-0.1, -0.05) is 11.6 Å². The molecule has 4 nitrogen and oxygen atoms in total. The number of carbonyl (C=O) groups is 1. The number of aliphatic hydroxyl groups is 1. The average Bonchev–Trinajstić information content (AvgIpc) is 3.07. The van der Waals surface area contributed by atoms with Crippen molar-refractivity contribution in [3.8, 4) is 0 Å². The smallest absolute Gasteiger partial charge is 0.253 e. The number of nitrogens with one attached hydrogen (secondary N) is 1. The lowest BCUT2D eigenvalue weighted by molar-refractivity contribution is 0.0918. The van der Waals surface area contributed by atoms with Crippen LogP contribution in [0, 0.1) is 0 Å². The molecule has 0 fully saturated rings. The monoisotopic (exact) mass is 332 g/mol. The molecular weight excluding hydrogens is 320 g/mol. The predicted octanol–water partition coefficient (Wildman–Crippen LogP) is 3.41. The lowest BCUT2D eigenvalue weighted by Crippen LogP contribution is -2.28. The Bertz CT molecular complexity index is 805. The van der Waals surface area contributed by atoms with Crippen molar-refractivity contribution < 1.29 is 9.90 Å². The van der Waals surface area contributed by atoms with Crippen LogP contribution in [-0.2, 0) is 0 Å². The van der Waals surface area contributed by atoms with Crippen LogP contribution in [-0.4, -0.2) is 22.5 Å². The van der Waals surface area contributed by atoms with E-state index in [4.69, 9.17) is 11.6 Å². The van der Waals surface area contributed by atoms with Crippen molar-refractivity contribution in [2.24, 2.45) is 0 Å². The van der Waals surface area contributed by atoms with E-state index in [1.54, 1.807) is 24.4 Å². The number of amides is 1. The van der Waals surface area contributed by atoms with Gasteiger partial charge in [-0.25, -0.2) is 0 Å². The molecule has 0 saturated carbocycles. The fourth-order valence-corrected chi connectivity index (χ4v) is 3.11. The summed E-state index contributed by atoms with van der Waals surface area (Å²) in [5.74, 6) is -0.283. The first-order valence-corrected chi connectivity index (χ1v) is 8.00. The maximum Gasteiger partial charge on any atom is 0.253 e. The largest absolute Gasteiger partial charge is 0.387 e. The first-order chi connectivity index (χ1) is 10.7. The highest BCUT2D eigenvalue weighted by atomic mass is 35.5. The number of carbonyl (C=O) groups excluding carboxylic acids is 1. The van der Waals surface area contributed by atoms with E-state index in [2.05, 4.69) is 10.3 Å². The number of rotatable bonds is 4. The summed E-state index contributed by atoms with van der Waals surface area (Å²) in [6.07, 6.45) is 0.900. The number of hydrogen-bond acceptors (Lipinski definition) is 4. The number of thiophene rings is 1. The zero-order valence-corrected chi connectivity index (χ0v) is 13.1. The Balaban J connectivity index is 1.80. The molecule has 22 heavy (non-hydrogen) atoms. The zero-order valence-electron chi connectivity index (χ0n) is 11.5. The Morgan fingerprint density at radius 1 is 1.36 bits per heavy atom. The van der Waals surface area contributed by atoms with Crippen LogP contribution in [0.15, 0.2) is 47.3 Å². The summed E-state index contributed by atoms with van der Waals surface area (Å²) < 4.78 is 0. The third kappa shape index (κ3) is 2.97. The molecular formula is C16H13ClN2O2S. The first-order valence-electron chi connectivity index (χ1n) is 6.68. The van der Waals surface area contributed by atoms with Gasteiger partial charge in [0.05, 0.1) is 22.2 Å². The lowest BCUT2D eigenvalue weighted by Gasteiger charge is -2.12. The van der Waals surface area contributed by atoms with Crippen LogP contribution in [0.1, 0.15) is 22.0 Å². The minimum Gasteiger partial charge on any atom is -0.387 e. The molecule has 3 rings (SSSR count). The standard InChI is InChI=1S/C16H13ClN2O2S/c17-13-4-3-12(15-11(13)2-1-6-18-15)16(21)19-8-14(20)10-5-7-22-9-10/h1-7,9,14,20H,8H2,(H,19,21). The summed E-state index contributed by atoms with van der Waals surface area (Å²) in [5, 5.41) is 17.8.